The number of carbonyl (C=O) groups excluding carboxylic acids is 1. The van der Waals surface area contributed by atoms with Crippen LogP contribution in [0.3, 0.4) is 0 Å². The fourth-order valence-corrected chi connectivity index (χ4v) is 2.63. The maximum absolute atomic E-state index is 12.0. The number of benzene rings is 2. The van der Waals surface area contributed by atoms with Crippen molar-refractivity contribution in [3.63, 3.8) is 0 Å². The van der Waals surface area contributed by atoms with Crippen LogP contribution in [0.5, 0.6) is 11.5 Å². The van der Waals surface area contributed by atoms with E-state index >= 15 is 0 Å². The van der Waals surface area contributed by atoms with Crippen LogP contribution >= 0.6 is 0 Å². The molecule has 1 amide bonds. The highest BCUT2D eigenvalue weighted by Gasteiger charge is 2.13. The molecule has 140 valence electrons. The molecule has 0 aromatic heterocycles. The van der Waals surface area contributed by atoms with Crippen LogP contribution in [0.25, 0.3) is 0 Å². The fourth-order valence-electron chi connectivity index (χ4n) is 2.63. The van der Waals surface area contributed by atoms with Crippen LogP contribution in [-0.4, -0.2) is 26.6 Å². The maximum Gasteiger partial charge on any atom is 0.220 e. The van der Waals surface area contributed by atoms with Crippen molar-refractivity contribution < 1.29 is 14.3 Å². The van der Waals surface area contributed by atoms with E-state index in [2.05, 4.69) is 10.6 Å². The van der Waals surface area contributed by atoms with Crippen LogP contribution < -0.4 is 20.1 Å². The molecular weight excluding hydrogens is 328 g/mol. The third-order valence-corrected chi connectivity index (χ3v) is 4.13. The van der Waals surface area contributed by atoms with Gasteiger partial charge in [0.05, 0.1) is 13.2 Å². The van der Waals surface area contributed by atoms with Crippen LogP contribution in [0.1, 0.15) is 36.9 Å². The molecule has 5 nitrogen and oxygen atoms in total. The first-order valence-corrected chi connectivity index (χ1v) is 8.92. The lowest BCUT2D eigenvalue weighted by Gasteiger charge is -2.17. The minimum Gasteiger partial charge on any atom is -0.493 e. The van der Waals surface area contributed by atoms with Gasteiger partial charge in [-0.2, -0.15) is 0 Å². The Bertz CT molecular complexity index is 689. The molecule has 0 saturated carbocycles. The molecule has 2 rings (SSSR count). The molecule has 0 heterocycles. The molecule has 2 aromatic rings. The second kappa shape index (κ2) is 10.5. The molecule has 5 heteroatoms. The van der Waals surface area contributed by atoms with Crippen molar-refractivity contribution in [2.75, 3.05) is 20.7 Å². The van der Waals surface area contributed by atoms with Crippen molar-refractivity contribution in [3.05, 3.63) is 59.7 Å². The minimum absolute atomic E-state index is 0.0520. The fraction of sp³-hybridized carbons (Fsp3) is 0.381. The van der Waals surface area contributed by atoms with E-state index in [1.165, 1.54) is 0 Å². The Balaban J connectivity index is 1.97. The number of methoxy groups -OCH3 is 1. The topological polar surface area (TPSA) is 59.6 Å². The highest BCUT2D eigenvalue weighted by atomic mass is 16.5. The van der Waals surface area contributed by atoms with E-state index in [1.807, 2.05) is 62.5 Å². The monoisotopic (exact) mass is 356 g/mol. The van der Waals surface area contributed by atoms with Crippen molar-refractivity contribution >= 4 is 5.91 Å². The molecular formula is C21H28N2O3. The normalized spacial score (nSPS) is 11.7. The van der Waals surface area contributed by atoms with Crippen molar-refractivity contribution in [1.29, 1.82) is 0 Å². The van der Waals surface area contributed by atoms with Crippen molar-refractivity contribution in [2.45, 2.75) is 32.4 Å². The van der Waals surface area contributed by atoms with E-state index in [-0.39, 0.29) is 11.9 Å². The summed E-state index contributed by atoms with van der Waals surface area (Å²) in [5.74, 6) is 1.40. The second-order valence-electron chi connectivity index (χ2n) is 6.18. The predicted octanol–water partition coefficient (Wildman–Crippen LogP) is 3.45. The van der Waals surface area contributed by atoms with E-state index in [0.717, 1.165) is 24.1 Å². The molecule has 1 atom stereocenters. The van der Waals surface area contributed by atoms with Gasteiger partial charge >= 0.3 is 0 Å². The zero-order valence-electron chi connectivity index (χ0n) is 15.7. The lowest BCUT2D eigenvalue weighted by molar-refractivity contribution is -0.121. The van der Waals surface area contributed by atoms with E-state index in [0.29, 0.717) is 24.5 Å². The molecule has 0 saturated heterocycles. The summed E-state index contributed by atoms with van der Waals surface area (Å²) in [4.78, 5) is 12.0. The zero-order chi connectivity index (χ0) is 18.8. The number of nitrogens with one attached hydrogen (secondary N) is 2. The molecule has 1 unspecified atom stereocenters. The number of ether oxygens (including phenoxy) is 2. The molecule has 0 aliphatic carbocycles. The minimum atomic E-state index is -0.0887. The van der Waals surface area contributed by atoms with Crippen molar-refractivity contribution in [3.8, 4) is 11.5 Å². The van der Waals surface area contributed by atoms with Crippen LogP contribution in [-0.2, 0) is 11.4 Å². The standard InChI is InChI=1S/C21H28N2O3/c1-16(23-21(24)10-7-13-22-2)18-11-12-19(20(14-18)25-3)26-15-17-8-5-4-6-9-17/h4-6,8-9,11-12,14,16,22H,7,10,13,15H2,1-3H3,(H,23,24). The molecule has 0 fully saturated rings. The third kappa shape index (κ3) is 6.08. The Labute approximate surface area is 155 Å². The Morgan fingerprint density at radius 1 is 1.12 bits per heavy atom. The van der Waals surface area contributed by atoms with E-state index in [9.17, 15) is 4.79 Å². The summed E-state index contributed by atoms with van der Waals surface area (Å²) in [7, 11) is 3.50. The highest BCUT2D eigenvalue weighted by molar-refractivity contribution is 5.76. The lowest BCUT2D eigenvalue weighted by atomic mass is 10.1. The van der Waals surface area contributed by atoms with Gasteiger partial charge in [0.1, 0.15) is 6.61 Å². The van der Waals surface area contributed by atoms with Crippen molar-refractivity contribution in [2.24, 2.45) is 0 Å². The molecule has 0 radical (unpaired) electrons. The smallest absolute Gasteiger partial charge is 0.220 e. The van der Waals surface area contributed by atoms with E-state index < -0.39 is 0 Å². The van der Waals surface area contributed by atoms with Gasteiger partial charge in [0.2, 0.25) is 5.91 Å². The van der Waals surface area contributed by atoms with Crippen LogP contribution in [0, 0.1) is 0 Å². The average Bonchev–Trinajstić information content (AvgIpc) is 2.67. The Kier molecular flexibility index (Phi) is 7.96. The number of carbonyl (C=O) groups is 1. The number of hydrogen-bond acceptors (Lipinski definition) is 4. The first-order valence-electron chi connectivity index (χ1n) is 8.92. The van der Waals surface area contributed by atoms with E-state index in [1.54, 1.807) is 7.11 Å². The van der Waals surface area contributed by atoms with Gasteiger partial charge in [-0.3, -0.25) is 4.79 Å². The molecule has 2 aromatic carbocycles. The maximum atomic E-state index is 12.0. The van der Waals surface area contributed by atoms with Gasteiger partial charge < -0.3 is 20.1 Å². The summed E-state index contributed by atoms with van der Waals surface area (Å²) < 4.78 is 11.3. The summed E-state index contributed by atoms with van der Waals surface area (Å²) in [6.45, 7) is 3.28. The summed E-state index contributed by atoms with van der Waals surface area (Å²) in [5.41, 5.74) is 2.08. The molecule has 26 heavy (non-hydrogen) atoms. The second-order valence-corrected chi connectivity index (χ2v) is 6.18. The van der Waals surface area contributed by atoms with Crippen LogP contribution in [0.15, 0.2) is 48.5 Å². The number of amides is 1. The molecule has 0 aliphatic rings. The van der Waals surface area contributed by atoms with Crippen LogP contribution in [0.4, 0.5) is 0 Å². The quantitative estimate of drug-likeness (QED) is 0.640. The van der Waals surface area contributed by atoms with Crippen LogP contribution in [0.2, 0.25) is 0 Å². The SMILES string of the molecule is CNCCCC(=O)NC(C)c1ccc(OCc2ccccc2)c(OC)c1. The largest absolute Gasteiger partial charge is 0.493 e. The predicted molar refractivity (Wildman–Crippen MR) is 103 cm³/mol. The van der Waals surface area contributed by atoms with Gasteiger partial charge in [-0.15, -0.1) is 0 Å². The highest BCUT2D eigenvalue weighted by Crippen LogP contribution is 2.31. The van der Waals surface area contributed by atoms with Gasteiger partial charge in [-0.05, 0) is 50.2 Å². The first-order chi connectivity index (χ1) is 12.6. The van der Waals surface area contributed by atoms with Gasteiger partial charge in [0.25, 0.3) is 0 Å². The number of rotatable bonds is 10. The number of hydrogen-bond donors (Lipinski definition) is 2. The third-order valence-electron chi connectivity index (χ3n) is 4.13. The molecule has 2 N–H and O–H groups in total. The van der Waals surface area contributed by atoms with Gasteiger partial charge in [0.15, 0.2) is 11.5 Å². The molecule has 0 bridgehead atoms. The van der Waals surface area contributed by atoms with E-state index in [4.69, 9.17) is 9.47 Å². The van der Waals surface area contributed by atoms with Gasteiger partial charge in [-0.25, -0.2) is 0 Å². The summed E-state index contributed by atoms with van der Waals surface area (Å²) in [6, 6.07) is 15.7. The summed E-state index contributed by atoms with van der Waals surface area (Å²) in [5, 5.41) is 6.06. The summed E-state index contributed by atoms with van der Waals surface area (Å²) in [6.07, 6.45) is 1.34. The lowest BCUT2D eigenvalue weighted by Crippen LogP contribution is -2.27. The Morgan fingerprint density at radius 2 is 1.88 bits per heavy atom. The average molecular weight is 356 g/mol. The van der Waals surface area contributed by atoms with Gasteiger partial charge in [-0.1, -0.05) is 36.4 Å². The Hall–Kier alpha value is -2.53. The molecule has 0 aliphatic heterocycles. The van der Waals surface area contributed by atoms with Gasteiger partial charge in [0, 0.05) is 6.42 Å². The molecule has 0 spiro atoms. The van der Waals surface area contributed by atoms with Crippen molar-refractivity contribution in [1.82, 2.24) is 10.6 Å². The summed E-state index contributed by atoms with van der Waals surface area (Å²) >= 11 is 0. The zero-order valence-corrected chi connectivity index (χ0v) is 15.7. The Morgan fingerprint density at radius 3 is 2.58 bits per heavy atom. The first kappa shape index (κ1) is 19.8.